The van der Waals surface area contributed by atoms with E-state index in [0.29, 0.717) is 17.3 Å². The van der Waals surface area contributed by atoms with Crippen LogP contribution in [0.25, 0.3) is 22.6 Å². The fourth-order valence-corrected chi connectivity index (χ4v) is 2.34. The normalized spacial score (nSPS) is 11.0. The van der Waals surface area contributed by atoms with Crippen LogP contribution in [-0.4, -0.2) is 5.16 Å². The lowest BCUT2D eigenvalue weighted by molar-refractivity contribution is 0.417. The van der Waals surface area contributed by atoms with Crippen LogP contribution in [0, 0.1) is 13.8 Å². The Morgan fingerprint density at radius 2 is 1.90 bits per heavy atom. The Hall–Kier alpha value is -2.49. The van der Waals surface area contributed by atoms with Crippen molar-refractivity contribution in [2.75, 3.05) is 5.73 Å². The van der Waals surface area contributed by atoms with Crippen LogP contribution in [0.1, 0.15) is 23.8 Å². The zero-order valence-corrected chi connectivity index (χ0v) is 12.4. The highest BCUT2D eigenvalue weighted by Gasteiger charge is 2.20. The molecule has 4 heteroatoms. The molecule has 2 N–H and O–H groups in total. The number of benzene rings is 1. The molecule has 1 aromatic carbocycles. The SMILES string of the molecule is CCc1ccc(-c2onc(N)c2-c2ccc(C)c(C)c2)o1. The van der Waals surface area contributed by atoms with E-state index in [1.54, 1.807) is 0 Å². The molecular formula is C17H18N2O2. The maximum Gasteiger partial charge on any atom is 0.212 e. The topological polar surface area (TPSA) is 65.2 Å². The first-order chi connectivity index (χ1) is 10.1. The molecule has 0 fully saturated rings. The van der Waals surface area contributed by atoms with Crippen molar-refractivity contribution in [2.24, 2.45) is 0 Å². The van der Waals surface area contributed by atoms with E-state index in [-0.39, 0.29) is 0 Å². The Balaban J connectivity index is 2.14. The van der Waals surface area contributed by atoms with Gasteiger partial charge in [-0.25, -0.2) is 0 Å². The van der Waals surface area contributed by atoms with Gasteiger partial charge in [-0.05, 0) is 42.7 Å². The largest absolute Gasteiger partial charge is 0.458 e. The van der Waals surface area contributed by atoms with Crippen molar-refractivity contribution >= 4 is 5.82 Å². The first-order valence-electron chi connectivity index (χ1n) is 7.02. The molecule has 0 aliphatic heterocycles. The number of nitrogen functional groups attached to an aromatic ring is 1. The molecule has 108 valence electrons. The smallest absolute Gasteiger partial charge is 0.212 e. The number of hydrogen-bond acceptors (Lipinski definition) is 4. The van der Waals surface area contributed by atoms with Gasteiger partial charge in [-0.15, -0.1) is 0 Å². The van der Waals surface area contributed by atoms with Crippen molar-refractivity contribution in [3.63, 3.8) is 0 Å². The number of aromatic nitrogens is 1. The number of aryl methyl sites for hydroxylation is 3. The van der Waals surface area contributed by atoms with Crippen molar-refractivity contribution in [3.05, 3.63) is 47.2 Å². The molecule has 0 aliphatic rings. The van der Waals surface area contributed by atoms with Crippen LogP contribution in [0.5, 0.6) is 0 Å². The standard InChI is InChI=1S/C17H18N2O2/c1-4-13-7-8-14(20-13)16-15(17(18)19-21-16)12-6-5-10(2)11(3)9-12/h5-9H,4H2,1-3H3,(H2,18,19). The summed E-state index contributed by atoms with van der Waals surface area (Å²) in [7, 11) is 0. The predicted molar refractivity (Wildman–Crippen MR) is 82.9 cm³/mol. The zero-order chi connectivity index (χ0) is 15.0. The Labute approximate surface area is 123 Å². The van der Waals surface area contributed by atoms with Gasteiger partial charge >= 0.3 is 0 Å². The minimum Gasteiger partial charge on any atom is -0.458 e. The van der Waals surface area contributed by atoms with Crippen molar-refractivity contribution < 1.29 is 8.94 Å². The van der Waals surface area contributed by atoms with Gasteiger partial charge in [0.25, 0.3) is 0 Å². The summed E-state index contributed by atoms with van der Waals surface area (Å²) in [6.45, 7) is 6.20. The average molecular weight is 282 g/mol. The molecule has 4 nitrogen and oxygen atoms in total. The number of furan rings is 1. The zero-order valence-electron chi connectivity index (χ0n) is 12.4. The number of hydrogen-bond donors (Lipinski definition) is 1. The molecule has 0 bridgehead atoms. The van der Waals surface area contributed by atoms with E-state index in [4.69, 9.17) is 14.7 Å². The molecule has 0 amide bonds. The van der Waals surface area contributed by atoms with E-state index in [1.165, 1.54) is 11.1 Å². The second kappa shape index (κ2) is 5.13. The monoisotopic (exact) mass is 282 g/mol. The van der Waals surface area contributed by atoms with Gasteiger partial charge in [-0.1, -0.05) is 30.3 Å². The minimum atomic E-state index is 0.378. The van der Waals surface area contributed by atoms with Crippen molar-refractivity contribution in [3.8, 4) is 22.6 Å². The molecule has 3 rings (SSSR count). The average Bonchev–Trinajstić information content (AvgIpc) is 3.08. The molecular weight excluding hydrogens is 264 g/mol. The lowest BCUT2D eigenvalue weighted by atomic mass is 10.00. The Kier molecular flexibility index (Phi) is 3.29. The summed E-state index contributed by atoms with van der Waals surface area (Å²) in [6.07, 6.45) is 0.836. The summed E-state index contributed by atoms with van der Waals surface area (Å²) in [5.74, 6) is 2.52. The molecule has 0 saturated carbocycles. The van der Waals surface area contributed by atoms with E-state index >= 15 is 0 Å². The highest BCUT2D eigenvalue weighted by Crippen LogP contribution is 2.37. The quantitative estimate of drug-likeness (QED) is 0.775. The molecule has 0 atom stereocenters. The maximum absolute atomic E-state index is 5.99. The highest BCUT2D eigenvalue weighted by atomic mass is 16.5. The van der Waals surface area contributed by atoms with Crippen LogP contribution in [0.15, 0.2) is 39.3 Å². The number of rotatable bonds is 3. The molecule has 21 heavy (non-hydrogen) atoms. The van der Waals surface area contributed by atoms with Gasteiger partial charge in [0.15, 0.2) is 11.6 Å². The fourth-order valence-electron chi connectivity index (χ4n) is 2.34. The third-order valence-electron chi connectivity index (χ3n) is 3.75. The lowest BCUT2D eigenvalue weighted by Crippen LogP contribution is -1.90. The van der Waals surface area contributed by atoms with Crippen molar-refractivity contribution in [1.82, 2.24) is 5.16 Å². The van der Waals surface area contributed by atoms with Crippen molar-refractivity contribution in [2.45, 2.75) is 27.2 Å². The Morgan fingerprint density at radius 3 is 2.57 bits per heavy atom. The van der Waals surface area contributed by atoms with E-state index < -0.39 is 0 Å². The van der Waals surface area contributed by atoms with Gasteiger partial charge in [0, 0.05) is 6.42 Å². The Morgan fingerprint density at radius 1 is 1.10 bits per heavy atom. The van der Waals surface area contributed by atoms with Gasteiger partial charge < -0.3 is 14.7 Å². The molecule has 0 saturated heterocycles. The second-order valence-corrected chi connectivity index (χ2v) is 5.19. The van der Waals surface area contributed by atoms with Crippen LogP contribution < -0.4 is 5.73 Å². The third-order valence-corrected chi connectivity index (χ3v) is 3.75. The van der Waals surface area contributed by atoms with Crippen LogP contribution >= 0.6 is 0 Å². The molecule has 0 radical (unpaired) electrons. The highest BCUT2D eigenvalue weighted by molar-refractivity contribution is 5.85. The first kappa shape index (κ1) is 13.5. The first-order valence-corrected chi connectivity index (χ1v) is 7.02. The predicted octanol–water partition coefficient (Wildman–Crippen LogP) is 4.36. The third kappa shape index (κ3) is 2.33. The van der Waals surface area contributed by atoms with Gasteiger partial charge in [-0.3, -0.25) is 0 Å². The summed E-state index contributed by atoms with van der Waals surface area (Å²) in [5, 5.41) is 3.90. The van der Waals surface area contributed by atoms with E-state index in [1.807, 2.05) is 25.1 Å². The Bertz CT molecular complexity index is 784. The van der Waals surface area contributed by atoms with Gasteiger partial charge in [0.1, 0.15) is 5.76 Å². The molecule has 3 aromatic rings. The van der Waals surface area contributed by atoms with Gasteiger partial charge in [0.2, 0.25) is 5.76 Å². The summed E-state index contributed by atoms with van der Waals surface area (Å²) in [6, 6.07) is 10.0. The molecule has 0 spiro atoms. The fraction of sp³-hybridized carbons (Fsp3) is 0.235. The summed E-state index contributed by atoms with van der Waals surface area (Å²) < 4.78 is 11.2. The van der Waals surface area contributed by atoms with Crippen molar-refractivity contribution in [1.29, 1.82) is 0 Å². The maximum atomic E-state index is 5.99. The van der Waals surface area contributed by atoms with Crippen LogP contribution in [-0.2, 0) is 6.42 Å². The summed E-state index contributed by atoms with van der Waals surface area (Å²) >= 11 is 0. The molecule has 0 aliphatic carbocycles. The number of nitrogens with two attached hydrogens (primary N) is 1. The van der Waals surface area contributed by atoms with Crippen LogP contribution in [0.3, 0.4) is 0 Å². The summed E-state index contributed by atoms with van der Waals surface area (Å²) in [4.78, 5) is 0. The summed E-state index contributed by atoms with van der Waals surface area (Å²) in [5.41, 5.74) is 10.2. The minimum absolute atomic E-state index is 0.378. The van der Waals surface area contributed by atoms with E-state index in [2.05, 4.69) is 31.1 Å². The van der Waals surface area contributed by atoms with Gasteiger partial charge in [0.05, 0.1) is 5.56 Å². The molecule has 0 unspecified atom stereocenters. The number of nitrogens with zero attached hydrogens (tertiary/aromatic N) is 1. The van der Waals surface area contributed by atoms with E-state index in [9.17, 15) is 0 Å². The second-order valence-electron chi connectivity index (χ2n) is 5.19. The van der Waals surface area contributed by atoms with E-state index in [0.717, 1.165) is 23.3 Å². The van der Waals surface area contributed by atoms with Crippen LogP contribution in [0.4, 0.5) is 5.82 Å². The van der Waals surface area contributed by atoms with Crippen LogP contribution in [0.2, 0.25) is 0 Å². The number of anilines is 1. The molecule has 2 heterocycles. The molecule has 2 aromatic heterocycles. The van der Waals surface area contributed by atoms with Gasteiger partial charge in [-0.2, -0.15) is 0 Å². The lowest BCUT2D eigenvalue weighted by Gasteiger charge is -2.05.